The summed E-state index contributed by atoms with van der Waals surface area (Å²) < 4.78 is 13.1. The fraction of sp³-hybridized carbons (Fsp3) is 0.360. The number of hydrogen-bond acceptors (Lipinski definition) is 3. The molecule has 0 radical (unpaired) electrons. The average Bonchev–Trinajstić information content (AvgIpc) is 3.21. The molecule has 0 unspecified atom stereocenters. The van der Waals surface area contributed by atoms with Crippen molar-refractivity contribution >= 4 is 11.6 Å². The van der Waals surface area contributed by atoms with Gasteiger partial charge in [-0.25, -0.2) is 9.37 Å². The Morgan fingerprint density at radius 3 is 2.35 bits per heavy atom. The van der Waals surface area contributed by atoms with Gasteiger partial charge >= 0.3 is 0 Å². The summed E-state index contributed by atoms with van der Waals surface area (Å²) in [7, 11) is 0. The van der Waals surface area contributed by atoms with E-state index in [4.69, 9.17) is 0 Å². The van der Waals surface area contributed by atoms with Crippen LogP contribution in [0.3, 0.4) is 0 Å². The number of hydrogen-bond donors (Lipinski definition) is 3. The molecular weight excluding hydrogens is 391 g/mol. The number of imidazole rings is 1. The molecule has 1 aliphatic carbocycles. The molecule has 0 aliphatic heterocycles. The number of amides is 1. The first-order valence-corrected chi connectivity index (χ1v) is 10.9. The van der Waals surface area contributed by atoms with Crippen molar-refractivity contribution in [3.63, 3.8) is 0 Å². The predicted molar refractivity (Wildman–Crippen MR) is 121 cm³/mol. The highest BCUT2D eigenvalue weighted by molar-refractivity contribution is 5.79. The molecule has 0 spiro atoms. The fourth-order valence-corrected chi connectivity index (χ4v) is 4.22. The Labute approximate surface area is 182 Å². The second kappa shape index (κ2) is 9.33. The topological polar surface area (TPSA) is 69.8 Å². The lowest BCUT2D eigenvalue weighted by atomic mass is 9.85. The smallest absolute Gasteiger partial charge is 0.223 e. The van der Waals surface area contributed by atoms with Gasteiger partial charge in [-0.3, -0.25) is 4.79 Å². The zero-order chi connectivity index (χ0) is 21.8. The largest absolute Gasteiger partial charge is 0.382 e. The molecule has 1 saturated carbocycles. The molecule has 31 heavy (non-hydrogen) atoms. The molecule has 0 saturated heterocycles. The number of carbonyl (C=O) groups excluding carboxylic acids is 1. The highest BCUT2D eigenvalue weighted by Crippen LogP contribution is 2.28. The Kier molecular flexibility index (Phi) is 6.35. The van der Waals surface area contributed by atoms with Crippen LogP contribution in [0.15, 0.2) is 54.7 Å². The molecule has 1 heterocycles. The summed E-state index contributed by atoms with van der Waals surface area (Å²) in [5.41, 5.74) is 4.14. The second-order valence-electron chi connectivity index (χ2n) is 8.43. The molecule has 1 aliphatic rings. The van der Waals surface area contributed by atoms with Crippen LogP contribution in [0.5, 0.6) is 0 Å². The maximum absolute atomic E-state index is 13.1. The lowest BCUT2D eigenvalue weighted by molar-refractivity contribution is -0.126. The monoisotopic (exact) mass is 420 g/mol. The number of aryl methyl sites for hydroxylation is 1. The van der Waals surface area contributed by atoms with Crippen LogP contribution in [0.2, 0.25) is 0 Å². The van der Waals surface area contributed by atoms with E-state index in [1.165, 1.54) is 12.1 Å². The number of halogens is 1. The molecule has 2 aromatic carbocycles. The number of aromatic amines is 1. The molecule has 1 fully saturated rings. The standard InChI is InChI=1S/C25H29FN4O/c1-16(18-3-9-21(26)10-4-18)28-25(31)20-7-13-23(14-8-20)30-22-11-5-19(6-12-22)24-15-27-17(2)29-24/h3-6,9-12,15-16,20,23,30H,7-8,13-14H2,1-2H3,(H,27,29)(H,28,31)/t16-,20?,23?/m1/s1. The summed E-state index contributed by atoms with van der Waals surface area (Å²) in [5.74, 6) is 0.769. The summed E-state index contributed by atoms with van der Waals surface area (Å²) in [4.78, 5) is 20.2. The van der Waals surface area contributed by atoms with E-state index in [0.29, 0.717) is 6.04 Å². The van der Waals surface area contributed by atoms with Crippen molar-refractivity contribution < 1.29 is 9.18 Å². The average molecular weight is 421 g/mol. The Balaban J connectivity index is 1.25. The summed E-state index contributed by atoms with van der Waals surface area (Å²) in [5, 5.41) is 6.69. The molecular formula is C25H29FN4O. The Bertz CT molecular complexity index is 1000. The number of nitrogens with one attached hydrogen (secondary N) is 3. The normalized spacial score (nSPS) is 19.6. The molecule has 3 aromatic rings. The van der Waals surface area contributed by atoms with Crippen molar-refractivity contribution in [2.24, 2.45) is 5.92 Å². The third kappa shape index (κ3) is 5.32. The van der Waals surface area contributed by atoms with E-state index in [1.807, 2.05) is 20.0 Å². The van der Waals surface area contributed by atoms with Gasteiger partial charge in [-0.2, -0.15) is 0 Å². The maximum atomic E-state index is 13.1. The van der Waals surface area contributed by atoms with Crippen molar-refractivity contribution in [3.05, 3.63) is 71.9 Å². The lowest BCUT2D eigenvalue weighted by Gasteiger charge is -2.30. The first-order chi connectivity index (χ1) is 15.0. The van der Waals surface area contributed by atoms with E-state index in [9.17, 15) is 9.18 Å². The first-order valence-electron chi connectivity index (χ1n) is 10.9. The van der Waals surface area contributed by atoms with Gasteiger partial charge < -0.3 is 15.6 Å². The Morgan fingerprint density at radius 2 is 1.74 bits per heavy atom. The van der Waals surface area contributed by atoms with E-state index in [-0.39, 0.29) is 23.7 Å². The minimum absolute atomic E-state index is 0.0342. The number of rotatable bonds is 6. The van der Waals surface area contributed by atoms with Gasteiger partial charge in [0.25, 0.3) is 0 Å². The van der Waals surface area contributed by atoms with Crippen LogP contribution >= 0.6 is 0 Å². The summed E-state index contributed by atoms with van der Waals surface area (Å²) in [6.45, 7) is 3.88. The van der Waals surface area contributed by atoms with Crippen molar-refractivity contribution in [2.45, 2.75) is 51.6 Å². The zero-order valence-corrected chi connectivity index (χ0v) is 18.0. The number of nitrogens with zero attached hydrogens (tertiary/aromatic N) is 1. The lowest BCUT2D eigenvalue weighted by Crippen LogP contribution is -2.37. The van der Waals surface area contributed by atoms with Crippen LogP contribution in [0.1, 0.15) is 50.0 Å². The number of carbonyl (C=O) groups is 1. The van der Waals surface area contributed by atoms with Crippen LogP contribution < -0.4 is 10.6 Å². The van der Waals surface area contributed by atoms with Crippen LogP contribution in [0.4, 0.5) is 10.1 Å². The van der Waals surface area contributed by atoms with E-state index in [1.54, 1.807) is 12.1 Å². The van der Waals surface area contributed by atoms with Crippen LogP contribution in [0, 0.1) is 18.7 Å². The molecule has 6 heteroatoms. The van der Waals surface area contributed by atoms with Gasteiger partial charge in [-0.05, 0) is 74.9 Å². The first kappa shape index (κ1) is 21.1. The van der Waals surface area contributed by atoms with Gasteiger partial charge in [0.1, 0.15) is 11.6 Å². The van der Waals surface area contributed by atoms with Gasteiger partial charge in [0.05, 0.1) is 17.9 Å². The quantitative estimate of drug-likeness (QED) is 0.502. The number of H-pyrrole nitrogens is 1. The van der Waals surface area contributed by atoms with Gasteiger partial charge in [0, 0.05) is 17.6 Å². The summed E-state index contributed by atoms with van der Waals surface area (Å²) in [6, 6.07) is 14.9. The SMILES string of the molecule is Cc1ncc(-c2ccc(NC3CCC(C(=O)N[C@H](C)c4ccc(F)cc4)CC3)cc2)[nH]1. The summed E-state index contributed by atoms with van der Waals surface area (Å²) >= 11 is 0. The van der Waals surface area contributed by atoms with Gasteiger partial charge in [0.15, 0.2) is 0 Å². The van der Waals surface area contributed by atoms with Crippen LogP contribution in [0.25, 0.3) is 11.3 Å². The van der Waals surface area contributed by atoms with E-state index in [0.717, 1.165) is 54.0 Å². The molecule has 5 nitrogen and oxygen atoms in total. The van der Waals surface area contributed by atoms with E-state index < -0.39 is 0 Å². The van der Waals surface area contributed by atoms with Crippen LogP contribution in [-0.4, -0.2) is 21.9 Å². The molecule has 0 bridgehead atoms. The molecule has 1 atom stereocenters. The van der Waals surface area contributed by atoms with Crippen molar-refractivity contribution in [1.29, 1.82) is 0 Å². The second-order valence-corrected chi connectivity index (χ2v) is 8.43. The maximum Gasteiger partial charge on any atom is 0.223 e. The highest BCUT2D eigenvalue weighted by atomic mass is 19.1. The van der Waals surface area contributed by atoms with Gasteiger partial charge in [-0.15, -0.1) is 0 Å². The predicted octanol–water partition coefficient (Wildman–Crippen LogP) is 5.37. The van der Waals surface area contributed by atoms with Crippen molar-refractivity contribution in [2.75, 3.05) is 5.32 Å². The van der Waals surface area contributed by atoms with Gasteiger partial charge in [0.2, 0.25) is 5.91 Å². The molecule has 4 rings (SSSR count). The van der Waals surface area contributed by atoms with Crippen LogP contribution in [-0.2, 0) is 4.79 Å². The van der Waals surface area contributed by atoms with E-state index in [2.05, 4.69) is 44.9 Å². The molecule has 1 amide bonds. The fourth-order valence-electron chi connectivity index (χ4n) is 4.22. The number of anilines is 1. The molecule has 3 N–H and O–H groups in total. The molecule has 1 aromatic heterocycles. The Hall–Kier alpha value is -3.15. The minimum Gasteiger partial charge on any atom is -0.382 e. The van der Waals surface area contributed by atoms with Crippen molar-refractivity contribution in [1.82, 2.24) is 15.3 Å². The zero-order valence-electron chi connectivity index (χ0n) is 18.0. The number of aromatic nitrogens is 2. The minimum atomic E-state index is -0.265. The van der Waals surface area contributed by atoms with Gasteiger partial charge in [-0.1, -0.05) is 24.3 Å². The Morgan fingerprint density at radius 1 is 1.06 bits per heavy atom. The van der Waals surface area contributed by atoms with E-state index >= 15 is 0 Å². The third-order valence-electron chi connectivity index (χ3n) is 6.10. The highest BCUT2D eigenvalue weighted by Gasteiger charge is 2.27. The van der Waals surface area contributed by atoms with Crippen molar-refractivity contribution in [3.8, 4) is 11.3 Å². The molecule has 162 valence electrons. The third-order valence-corrected chi connectivity index (χ3v) is 6.10. The summed E-state index contributed by atoms with van der Waals surface area (Å²) in [6.07, 6.45) is 5.51. The number of benzene rings is 2.